The predicted octanol–water partition coefficient (Wildman–Crippen LogP) is 5.30. The molecule has 0 unspecified atom stereocenters. The fraction of sp³-hybridized carbons (Fsp3) is 0.440. The summed E-state index contributed by atoms with van der Waals surface area (Å²) in [6.45, 7) is 7.71. The van der Waals surface area contributed by atoms with E-state index < -0.39 is 28.5 Å². The van der Waals surface area contributed by atoms with E-state index in [1.807, 2.05) is 45.0 Å². The molecule has 0 aliphatic rings. The van der Waals surface area contributed by atoms with Gasteiger partial charge < -0.3 is 10.2 Å². The van der Waals surface area contributed by atoms with E-state index >= 15 is 0 Å². The van der Waals surface area contributed by atoms with Gasteiger partial charge in [-0.05, 0) is 37.0 Å². The molecule has 1 N–H and O–H groups in total. The van der Waals surface area contributed by atoms with Crippen LogP contribution in [0, 0.1) is 12.8 Å². The number of nitrogens with zero attached hydrogens (tertiary/aromatic N) is 2. The quantitative estimate of drug-likeness (QED) is 0.368. The van der Waals surface area contributed by atoms with Crippen molar-refractivity contribution in [1.29, 1.82) is 0 Å². The number of anilines is 1. The van der Waals surface area contributed by atoms with Gasteiger partial charge >= 0.3 is 0 Å². The first-order valence-electron chi connectivity index (χ1n) is 11.5. The second-order valence-corrected chi connectivity index (χ2v) is 12.2. The summed E-state index contributed by atoms with van der Waals surface area (Å²) in [6.07, 6.45) is 1.31. The smallest absolute Gasteiger partial charge is 0.244 e. The van der Waals surface area contributed by atoms with Crippen molar-refractivity contribution in [3.63, 3.8) is 0 Å². The van der Waals surface area contributed by atoms with Crippen LogP contribution in [0.25, 0.3) is 0 Å². The topological polar surface area (TPSA) is 86.8 Å². The van der Waals surface area contributed by atoms with E-state index in [1.165, 1.54) is 17.0 Å². The lowest BCUT2D eigenvalue weighted by atomic mass is 10.1. The van der Waals surface area contributed by atoms with Crippen LogP contribution < -0.4 is 9.62 Å². The minimum Gasteiger partial charge on any atom is -0.354 e. The van der Waals surface area contributed by atoms with Gasteiger partial charge in [-0.1, -0.05) is 85.4 Å². The number of amides is 2. The Morgan fingerprint density at radius 1 is 1.00 bits per heavy atom. The van der Waals surface area contributed by atoms with Crippen LogP contribution in [0.4, 0.5) is 5.69 Å². The summed E-state index contributed by atoms with van der Waals surface area (Å²) in [5.41, 5.74) is 1.88. The number of rotatable bonds is 11. The van der Waals surface area contributed by atoms with Gasteiger partial charge in [-0.3, -0.25) is 13.9 Å². The third-order valence-electron chi connectivity index (χ3n) is 5.48. The zero-order valence-corrected chi connectivity index (χ0v) is 24.1. The number of aryl methyl sites for hydroxylation is 1. The molecule has 0 heterocycles. The molecule has 2 rings (SSSR count). The van der Waals surface area contributed by atoms with Crippen LogP contribution in [0.15, 0.2) is 36.4 Å². The Hall–Kier alpha value is -2.00. The number of hydrogen-bond donors (Lipinski definition) is 1. The van der Waals surface area contributed by atoms with Gasteiger partial charge in [0.2, 0.25) is 21.8 Å². The molecule has 36 heavy (non-hydrogen) atoms. The predicted molar refractivity (Wildman–Crippen MR) is 147 cm³/mol. The van der Waals surface area contributed by atoms with Gasteiger partial charge in [0, 0.05) is 13.1 Å². The molecule has 1 atom stereocenters. The third kappa shape index (κ3) is 8.26. The first-order chi connectivity index (χ1) is 16.7. The molecule has 0 aliphatic carbocycles. The number of benzene rings is 2. The zero-order valence-electron chi connectivity index (χ0n) is 21.0. The normalized spacial score (nSPS) is 12.4. The maximum atomic E-state index is 13.7. The maximum Gasteiger partial charge on any atom is 0.244 e. The van der Waals surface area contributed by atoms with Crippen molar-refractivity contribution < 1.29 is 18.0 Å². The summed E-state index contributed by atoms with van der Waals surface area (Å²) in [5.74, 6) is -0.634. The standard InChI is InChI=1S/C25H32Cl3N3O4S/c1-6-22(25(33)29-13-16(2)3)30(14-18-9-7-17(4)8-10-18)24(32)15-31(36(5,34)35)23-12-20(27)19(26)11-21(23)28/h7-12,16,22H,6,13-15H2,1-5H3,(H,29,33)/t22-/m1/s1. The number of sulfonamides is 1. The molecule has 0 aliphatic heterocycles. The van der Waals surface area contributed by atoms with E-state index in [4.69, 9.17) is 34.8 Å². The van der Waals surface area contributed by atoms with Crippen LogP contribution >= 0.6 is 34.8 Å². The number of hydrogen-bond acceptors (Lipinski definition) is 4. The average Bonchev–Trinajstić information content (AvgIpc) is 2.79. The monoisotopic (exact) mass is 575 g/mol. The Kier molecular flexibility index (Phi) is 10.9. The van der Waals surface area contributed by atoms with Gasteiger partial charge in [0.1, 0.15) is 12.6 Å². The van der Waals surface area contributed by atoms with Gasteiger partial charge in [-0.2, -0.15) is 0 Å². The van der Waals surface area contributed by atoms with E-state index in [2.05, 4.69) is 5.32 Å². The van der Waals surface area contributed by atoms with Crippen LogP contribution in [-0.4, -0.2) is 50.5 Å². The number of carbonyl (C=O) groups excluding carboxylic acids is 2. The summed E-state index contributed by atoms with van der Waals surface area (Å²) in [5, 5.41) is 3.15. The minimum absolute atomic E-state index is 0.0226. The Bertz CT molecular complexity index is 1190. The van der Waals surface area contributed by atoms with Crippen LogP contribution in [0.5, 0.6) is 0 Å². The highest BCUT2D eigenvalue weighted by atomic mass is 35.5. The highest BCUT2D eigenvalue weighted by Gasteiger charge is 2.32. The molecule has 2 amide bonds. The average molecular weight is 577 g/mol. The first kappa shape index (κ1) is 30.2. The molecule has 11 heteroatoms. The van der Waals surface area contributed by atoms with Crippen molar-refractivity contribution in [2.75, 3.05) is 23.7 Å². The molecule has 0 fully saturated rings. The van der Waals surface area contributed by atoms with Crippen molar-refractivity contribution >= 4 is 62.3 Å². The Labute approximate surface area is 228 Å². The molecule has 0 saturated heterocycles. The van der Waals surface area contributed by atoms with E-state index in [1.54, 1.807) is 6.92 Å². The Morgan fingerprint density at radius 3 is 2.11 bits per heavy atom. The van der Waals surface area contributed by atoms with Crippen LogP contribution in [0.1, 0.15) is 38.3 Å². The third-order valence-corrected chi connectivity index (χ3v) is 7.63. The van der Waals surface area contributed by atoms with E-state index in [0.717, 1.165) is 21.7 Å². The van der Waals surface area contributed by atoms with Crippen LogP contribution in [-0.2, 0) is 26.2 Å². The summed E-state index contributed by atoms with van der Waals surface area (Å²) >= 11 is 18.4. The molecular formula is C25H32Cl3N3O4S. The first-order valence-corrected chi connectivity index (χ1v) is 14.5. The number of nitrogens with one attached hydrogen (secondary N) is 1. The summed E-state index contributed by atoms with van der Waals surface area (Å²) in [6, 6.07) is 9.39. The van der Waals surface area contributed by atoms with E-state index in [0.29, 0.717) is 13.0 Å². The Balaban J connectivity index is 2.48. The summed E-state index contributed by atoms with van der Waals surface area (Å²) in [7, 11) is -3.95. The largest absolute Gasteiger partial charge is 0.354 e. The molecular weight excluding hydrogens is 545 g/mol. The van der Waals surface area contributed by atoms with Gasteiger partial charge in [0.05, 0.1) is 27.0 Å². The van der Waals surface area contributed by atoms with Crippen molar-refractivity contribution in [2.24, 2.45) is 5.92 Å². The minimum atomic E-state index is -3.95. The fourth-order valence-corrected chi connectivity index (χ4v) is 5.08. The maximum absolute atomic E-state index is 13.7. The molecule has 2 aromatic rings. The van der Waals surface area contributed by atoms with Crippen LogP contribution in [0.2, 0.25) is 15.1 Å². The lowest BCUT2D eigenvalue weighted by molar-refractivity contribution is -0.140. The number of carbonyl (C=O) groups is 2. The van der Waals surface area contributed by atoms with Gasteiger partial charge in [0.25, 0.3) is 0 Å². The summed E-state index contributed by atoms with van der Waals surface area (Å²) < 4.78 is 26.3. The van der Waals surface area contributed by atoms with Crippen molar-refractivity contribution in [3.8, 4) is 0 Å². The van der Waals surface area contributed by atoms with Crippen molar-refractivity contribution in [1.82, 2.24) is 10.2 Å². The van der Waals surface area contributed by atoms with Gasteiger partial charge in [0.15, 0.2) is 0 Å². The van der Waals surface area contributed by atoms with Gasteiger partial charge in [-0.15, -0.1) is 0 Å². The van der Waals surface area contributed by atoms with E-state index in [9.17, 15) is 18.0 Å². The zero-order chi connectivity index (χ0) is 27.2. The summed E-state index contributed by atoms with van der Waals surface area (Å²) in [4.78, 5) is 28.2. The molecule has 7 nitrogen and oxygen atoms in total. The molecule has 0 bridgehead atoms. The van der Waals surface area contributed by atoms with Crippen molar-refractivity contribution in [2.45, 2.75) is 46.7 Å². The second kappa shape index (κ2) is 13.0. The second-order valence-electron chi connectivity index (χ2n) is 9.06. The lowest BCUT2D eigenvalue weighted by Crippen LogP contribution is -2.52. The highest BCUT2D eigenvalue weighted by Crippen LogP contribution is 2.35. The molecule has 0 radical (unpaired) electrons. The van der Waals surface area contributed by atoms with Crippen molar-refractivity contribution in [3.05, 3.63) is 62.6 Å². The highest BCUT2D eigenvalue weighted by molar-refractivity contribution is 7.92. The SMILES string of the molecule is CC[C@H](C(=O)NCC(C)C)N(Cc1ccc(C)cc1)C(=O)CN(c1cc(Cl)c(Cl)cc1Cl)S(C)(=O)=O. The molecule has 0 aromatic heterocycles. The fourth-order valence-electron chi connectivity index (χ4n) is 3.53. The number of halogens is 3. The molecule has 0 spiro atoms. The van der Waals surface area contributed by atoms with Crippen LogP contribution in [0.3, 0.4) is 0 Å². The molecule has 0 saturated carbocycles. The van der Waals surface area contributed by atoms with E-state index in [-0.39, 0.29) is 39.1 Å². The molecule has 198 valence electrons. The Morgan fingerprint density at radius 2 is 1.58 bits per heavy atom. The lowest BCUT2D eigenvalue weighted by Gasteiger charge is -2.33. The molecule has 2 aromatic carbocycles. The van der Waals surface area contributed by atoms with Gasteiger partial charge in [-0.25, -0.2) is 8.42 Å².